The maximum absolute atomic E-state index is 5.97. The highest BCUT2D eigenvalue weighted by molar-refractivity contribution is 9.10. The maximum atomic E-state index is 5.97. The van der Waals surface area contributed by atoms with E-state index in [0.29, 0.717) is 5.95 Å². The number of benzene rings is 1. The molecule has 2 N–H and O–H groups in total. The maximum Gasteiger partial charge on any atom is 0.207 e. The Bertz CT molecular complexity index is 712. The van der Waals surface area contributed by atoms with Crippen LogP contribution in [0.4, 0.5) is 5.95 Å². The van der Waals surface area contributed by atoms with Crippen molar-refractivity contribution in [3.8, 4) is 5.82 Å². The molecule has 0 bridgehead atoms. The molecule has 6 heteroatoms. The summed E-state index contributed by atoms with van der Waals surface area (Å²) in [4.78, 5) is 4.34. The Labute approximate surface area is 112 Å². The predicted molar refractivity (Wildman–Crippen MR) is 74.6 cm³/mol. The molecule has 3 aromatic rings. The van der Waals surface area contributed by atoms with Gasteiger partial charge < -0.3 is 5.73 Å². The Kier molecular flexibility index (Phi) is 2.59. The van der Waals surface area contributed by atoms with Crippen molar-refractivity contribution in [1.29, 1.82) is 0 Å². The van der Waals surface area contributed by atoms with Crippen molar-refractivity contribution in [1.82, 2.24) is 19.3 Å². The Morgan fingerprint density at radius 2 is 2.17 bits per heavy atom. The fourth-order valence-corrected chi connectivity index (χ4v) is 2.30. The van der Waals surface area contributed by atoms with Crippen molar-refractivity contribution in [2.45, 2.75) is 13.5 Å². The van der Waals surface area contributed by atoms with Crippen molar-refractivity contribution < 1.29 is 0 Å². The first-order valence-electron chi connectivity index (χ1n) is 5.66. The molecule has 0 radical (unpaired) electrons. The van der Waals surface area contributed by atoms with Gasteiger partial charge in [-0.25, -0.2) is 4.98 Å². The van der Waals surface area contributed by atoms with E-state index in [0.717, 1.165) is 27.9 Å². The molecule has 0 amide bonds. The molecular formula is C12H12BrN5. The van der Waals surface area contributed by atoms with Gasteiger partial charge >= 0.3 is 0 Å². The summed E-state index contributed by atoms with van der Waals surface area (Å²) in [5.41, 5.74) is 7.78. The van der Waals surface area contributed by atoms with Gasteiger partial charge in [0.25, 0.3) is 0 Å². The van der Waals surface area contributed by atoms with Gasteiger partial charge in [-0.2, -0.15) is 5.10 Å². The molecular weight excluding hydrogens is 294 g/mol. The predicted octanol–water partition coefficient (Wildman–Crippen LogP) is 2.59. The fraction of sp³-hybridized carbons (Fsp3) is 0.167. The Morgan fingerprint density at radius 1 is 1.33 bits per heavy atom. The second-order valence-electron chi connectivity index (χ2n) is 3.97. The van der Waals surface area contributed by atoms with E-state index < -0.39 is 0 Å². The smallest absolute Gasteiger partial charge is 0.207 e. The van der Waals surface area contributed by atoms with Crippen molar-refractivity contribution in [3.05, 3.63) is 34.9 Å². The van der Waals surface area contributed by atoms with Crippen LogP contribution < -0.4 is 5.73 Å². The number of aromatic nitrogens is 4. The van der Waals surface area contributed by atoms with E-state index in [2.05, 4.69) is 26.0 Å². The second kappa shape index (κ2) is 4.13. The molecule has 0 spiro atoms. The molecule has 0 atom stereocenters. The molecule has 3 rings (SSSR count). The van der Waals surface area contributed by atoms with E-state index in [1.54, 1.807) is 0 Å². The van der Waals surface area contributed by atoms with Crippen LogP contribution in [-0.2, 0) is 6.54 Å². The standard InChI is InChI=1S/C12H12BrN5/c1-2-17-6-5-11(16-17)18-10-7-8(13)3-4-9(10)15-12(18)14/h3-7H,2H2,1H3,(H2,14,15). The molecule has 0 unspecified atom stereocenters. The first-order chi connectivity index (χ1) is 8.69. The molecule has 5 nitrogen and oxygen atoms in total. The molecule has 18 heavy (non-hydrogen) atoms. The first-order valence-corrected chi connectivity index (χ1v) is 6.45. The minimum atomic E-state index is 0.449. The lowest BCUT2D eigenvalue weighted by Crippen LogP contribution is -2.03. The number of aryl methyl sites for hydroxylation is 1. The molecule has 0 saturated carbocycles. The number of hydrogen-bond acceptors (Lipinski definition) is 3. The first kappa shape index (κ1) is 11.3. The Balaban J connectivity index is 2.26. The van der Waals surface area contributed by atoms with Crippen LogP contribution in [0.5, 0.6) is 0 Å². The van der Waals surface area contributed by atoms with Gasteiger partial charge in [-0.15, -0.1) is 0 Å². The van der Waals surface area contributed by atoms with E-state index >= 15 is 0 Å². The van der Waals surface area contributed by atoms with Gasteiger partial charge in [-0.05, 0) is 25.1 Å². The van der Waals surface area contributed by atoms with Crippen LogP contribution in [0.3, 0.4) is 0 Å². The summed E-state index contributed by atoms with van der Waals surface area (Å²) >= 11 is 3.46. The van der Waals surface area contributed by atoms with Crippen LogP contribution >= 0.6 is 15.9 Å². The van der Waals surface area contributed by atoms with Crippen molar-refractivity contribution >= 4 is 32.9 Å². The number of nitrogens with two attached hydrogens (primary N) is 1. The van der Waals surface area contributed by atoms with Gasteiger partial charge in [0, 0.05) is 23.3 Å². The summed E-state index contributed by atoms with van der Waals surface area (Å²) < 4.78 is 4.70. The molecule has 2 aromatic heterocycles. The molecule has 2 heterocycles. The zero-order valence-electron chi connectivity index (χ0n) is 9.84. The number of hydrogen-bond donors (Lipinski definition) is 1. The van der Waals surface area contributed by atoms with E-state index in [1.165, 1.54) is 0 Å². The van der Waals surface area contributed by atoms with Crippen LogP contribution in [0.25, 0.3) is 16.9 Å². The number of rotatable bonds is 2. The second-order valence-corrected chi connectivity index (χ2v) is 4.88. The lowest BCUT2D eigenvalue weighted by molar-refractivity contribution is 0.654. The zero-order chi connectivity index (χ0) is 12.7. The van der Waals surface area contributed by atoms with Gasteiger partial charge in [0.15, 0.2) is 5.82 Å². The molecule has 1 aromatic carbocycles. The van der Waals surface area contributed by atoms with E-state index in [4.69, 9.17) is 5.73 Å². The third-order valence-electron chi connectivity index (χ3n) is 2.82. The summed E-state index contributed by atoms with van der Waals surface area (Å²) in [5, 5.41) is 4.46. The highest BCUT2D eigenvalue weighted by Crippen LogP contribution is 2.24. The Hall–Kier alpha value is -1.82. The number of fused-ring (bicyclic) bond motifs is 1. The van der Waals surface area contributed by atoms with Crippen LogP contribution in [0.1, 0.15) is 6.92 Å². The summed E-state index contributed by atoms with van der Waals surface area (Å²) in [6.07, 6.45) is 1.93. The van der Waals surface area contributed by atoms with Gasteiger partial charge in [-0.1, -0.05) is 15.9 Å². The number of halogens is 1. The summed E-state index contributed by atoms with van der Waals surface area (Å²) in [6, 6.07) is 7.80. The average Bonchev–Trinajstić information content (AvgIpc) is 2.92. The van der Waals surface area contributed by atoms with Gasteiger partial charge in [0.05, 0.1) is 11.0 Å². The number of nitrogen functional groups attached to an aromatic ring is 1. The number of imidazole rings is 1. The minimum absolute atomic E-state index is 0.449. The van der Waals surface area contributed by atoms with Crippen LogP contribution in [-0.4, -0.2) is 19.3 Å². The summed E-state index contributed by atoms with van der Waals surface area (Å²) in [5.74, 6) is 1.24. The lowest BCUT2D eigenvalue weighted by atomic mass is 10.3. The van der Waals surface area contributed by atoms with Crippen molar-refractivity contribution in [2.24, 2.45) is 0 Å². The Morgan fingerprint density at radius 3 is 2.89 bits per heavy atom. The van der Waals surface area contributed by atoms with Crippen molar-refractivity contribution in [3.63, 3.8) is 0 Å². The van der Waals surface area contributed by atoms with Crippen LogP contribution in [0.2, 0.25) is 0 Å². The third kappa shape index (κ3) is 1.69. The summed E-state index contributed by atoms with van der Waals surface area (Å²) in [7, 11) is 0. The number of anilines is 1. The highest BCUT2D eigenvalue weighted by Gasteiger charge is 2.12. The summed E-state index contributed by atoms with van der Waals surface area (Å²) in [6.45, 7) is 2.87. The SMILES string of the molecule is CCn1ccc(-n2c(N)nc3ccc(Br)cc32)n1. The highest BCUT2D eigenvalue weighted by atomic mass is 79.9. The van der Waals surface area contributed by atoms with E-state index in [9.17, 15) is 0 Å². The number of nitrogens with zero attached hydrogens (tertiary/aromatic N) is 4. The molecule has 0 saturated heterocycles. The van der Waals surface area contributed by atoms with Gasteiger partial charge in [0.2, 0.25) is 5.95 Å². The van der Waals surface area contributed by atoms with E-state index in [1.807, 2.05) is 46.6 Å². The normalized spacial score (nSPS) is 11.2. The largest absolute Gasteiger partial charge is 0.369 e. The molecule has 0 aliphatic rings. The quantitative estimate of drug-likeness (QED) is 0.791. The van der Waals surface area contributed by atoms with E-state index in [-0.39, 0.29) is 0 Å². The zero-order valence-corrected chi connectivity index (χ0v) is 11.4. The lowest BCUT2D eigenvalue weighted by Gasteiger charge is -2.02. The molecule has 92 valence electrons. The molecule has 0 fully saturated rings. The third-order valence-corrected chi connectivity index (χ3v) is 3.32. The minimum Gasteiger partial charge on any atom is -0.369 e. The van der Waals surface area contributed by atoms with Crippen LogP contribution in [0, 0.1) is 0 Å². The fourth-order valence-electron chi connectivity index (χ4n) is 1.95. The molecule has 0 aliphatic heterocycles. The van der Waals surface area contributed by atoms with Gasteiger partial charge in [-0.3, -0.25) is 9.25 Å². The monoisotopic (exact) mass is 305 g/mol. The average molecular weight is 306 g/mol. The van der Waals surface area contributed by atoms with Crippen LogP contribution in [0.15, 0.2) is 34.9 Å². The van der Waals surface area contributed by atoms with Crippen molar-refractivity contribution in [2.75, 3.05) is 5.73 Å². The topological polar surface area (TPSA) is 61.7 Å². The molecule has 0 aliphatic carbocycles. The van der Waals surface area contributed by atoms with Gasteiger partial charge in [0.1, 0.15) is 0 Å².